The first-order valence-corrected chi connectivity index (χ1v) is 4.32. The summed E-state index contributed by atoms with van der Waals surface area (Å²) in [5, 5.41) is 3.47. The standard InChI is InChI=1S/C6H9N3O2S/c1-12-11-6-3-4(10)2-5(6)8-9-7/h5-6H,2-3H2,1H3/t5-,6-/m1/s1/i1T. The Morgan fingerprint density at radius 3 is 3.42 bits per heavy atom. The van der Waals surface area contributed by atoms with E-state index in [0.29, 0.717) is 0 Å². The van der Waals surface area contributed by atoms with Gasteiger partial charge in [0.15, 0.2) is 0 Å². The van der Waals surface area contributed by atoms with E-state index in [1.165, 1.54) is 0 Å². The van der Waals surface area contributed by atoms with Crippen LogP contribution >= 0.6 is 12.0 Å². The van der Waals surface area contributed by atoms with Crippen molar-refractivity contribution < 1.29 is 10.3 Å². The number of carbonyl (C=O) groups excluding carboxylic acids is 1. The summed E-state index contributed by atoms with van der Waals surface area (Å²) >= 11 is 0.968. The number of nitrogens with zero attached hydrogens (tertiary/aromatic N) is 3. The van der Waals surface area contributed by atoms with Crippen molar-refractivity contribution in [2.75, 3.05) is 6.23 Å². The SMILES string of the molecule is [3H]CSO[C@@H]1CC(=O)C[C@H]1N=[N+]=[N-]. The van der Waals surface area contributed by atoms with Gasteiger partial charge in [-0.1, -0.05) is 5.11 Å². The third-order valence-corrected chi connectivity index (χ3v) is 2.07. The van der Waals surface area contributed by atoms with Gasteiger partial charge in [-0.2, -0.15) is 0 Å². The Morgan fingerprint density at radius 2 is 2.75 bits per heavy atom. The van der Waals surface area contributed by atoms with Gasteiger partial charge in [-0.25, -0.2) is 0 Å². The predicted molar refractivity (Wildman–Crippen MR) is 45.6 cm³/mol. The van der Waals surface area contributed by atoms with Crippen LogP contribution in [0.25, 0.3) is 10.4 Å². The smallest absolute Gasteiger partial charge is 0.136 e. The van der Waals surface area contributed by atoms with Crippen molar-refractivity contribution in [3.8, 4) is 0 Å². The van der Waals surface area contributed by atoms with E-state index in [2.05, 4.69) is 10.0 Å². The summed E-state index contributed by atoms with van der Waals surface area (Å²) in [6.45, 7) is 0. The highest BCUT2D eigenvalue weighted by Crippen LogP contribution is 2.24. The molecule has 66 valence electrons. The molecule has 0 aliphatic heterocycles. The summed E-state index contributed by atoms with van der Waals surface area (Å²) in [7, 11) is 0. The number of azide groups is 1. The van der Waals surface area contributed by atoms with Gasteiger partial charge in [-0.3, -0.25) is 4.79 Å². The molecule has 0 aromatic rings. The van der Waals surface area contributed by atoms with Gasteiger partial charge in [0.1, 0.15) is 5.78 Å². The first-order valence-electron chi connectivity index (χ1n) is 4.12. The number of Topliss-reactive ketones (excluding diaryl/α,β-unsaturated/α-hetero) is 1. The molecule has 0 unspecified atom stereocenters. The summed E-state index contributed by atoms with van der Waals surface area (Å²) in [6, 6.07) is -0.392. The van der Waals surface area contributed by atoms with Gasteiger partial charge < -0.3 is 4.18 Å². The van der Waals surface area contributed by atoms with Gasteiger partial charge in [0.25, 0.3) is 0 Å². The first-order chi connectivity index (χ1) is 6.27. The average molecular weight is 189 g/mol. The molecular weight excluding hydrogens is 178 g/mol. The zero-order chi connectivity index (χ0) is 9.68. The highest BCUT2D eigenvalue weighted by atomic mass is 32.2. The third kappa shape index (κ3) is 2.14. The number of hydrogen-bond donors (Lipinski definition) is 0. The van der Waals surface area contributed by atoms with E-state index >= 15 is 0 Å². The highest BCUT2D eigenvalue weighted by Gasteiger charge is 2.33. The van der Waals surface area contributed by atoms with Gasteiger partial charge in [0, 0.05) is 25.4 Å². The maximum atomic E-state index is 11.0. The molecule has 2 atom stereocenters. The molecule has 6 heteroatoms. The van der Waals surface area contributed by atoms with Crippen LogP contribution < -0.4 is 0 Å². The third-order valence-electron chi connectivity index (χ3n) is 1.69. The summed E-state index contributed by atoms with van der Waals surface area (Å²) < 4.78 is 12.0. The van der Waals surface area contributed by atoms with Crippen LogP contribution in [-0.2, 0) is 8.98 Å². The Hall–Kier alpha value is -0.710. The molecule has 0 aromatic carbocycles. The second-order valence-electron chi connectivity index (χ2n) is 2.47. The monoisotopic (exact) mass is 189 g/mol. The zero-order valence-electron chi connectivity index (χ0n) is 7.34. The van der Waals surface area contributed by atoms with E-state index < -0.39 is 6.04 Å². The van der Waals surface area contributed by atoms with Crippen molar-refractivity contribution >= 4 is 17.8 Å². The predicted octanol–water partition coefficient (Wildman–Crippen LogP) is 1.69. The maximum absolute atomic E-state index is 11.0. The molecule has 0 N–H and O–H groups in total. The van der Waals surface area contributed by atoms with Crippen molar-refractivity contribution in [2.24, 2.45) is 5.11 Å². The number of carbonyl (C=O) groups is 1. The normalized spacial score (nSPS) is 29.7. The lowest BCUT2D eigenvalue weighted by molar-refractivity contribution is -0.117. The molecule has 1 aliphatic carbocycles. The van der Waals surface area contributed by atoms with Crippen LogP contribution in [-0.4, -0.2) is 24.2 Å². The van der Waals surface area contributed by atoms with Crippen molar-refractivity contribution in [3.63, 3.8) is 0 Å². The minimum Gasteiger partial charge on any atom is -0.311 e. The molecule has 0 spiro atoms. The van der Waals surface area contributed by atoms with Gasteiger partial charge in [0.05, 0.1) is 12.1 Å². The van der Waals surface area contributed by atoms with Gasteiger partial charge in [0.2, 0.25) is 0 Å². The quantitative estimate of drug-likeness (QED) is 0.293. The molecule has 0 amide bonds. The Kier molecular flexibility index (Phi) is 2.87. The lowest BCUT2D eigenvalue weighted by Crippen LogP contribution is -2.17. The molecule has 0 saturated heterocycles. The van der Waals surface area contributed by atoms with E-state index in [0.717, 1.165) is 12.0 Å². The van der Waals surface area contributed by atoms with Gasteiger partial charge >= 0.3 is 0 Å². The molecule has 1 rings (SSSR count). The molecule has 1 fully saturated rings. The number of ketones is 1. The Labute approximate surface area is 75.7 Å². The Bertz CT molecular complexity index is 244. The Morgan fingerprint density at radius 1 is 1.92 bits per heavy atom. The van der Waals surface area contributed by atoms with Gasteiger partial charge in [-0.05, 0) is 17.6 Å². The minimum absolute atomic E-state index is 0.0491. The Balaban J connectivity index is 2.50. The second-order valence-corrected chi connectivity index (χ2v) is 2.90. The zero-order valence-corrected chi connectivity index (χ0v) is 7.16. The molecule has 5 nitrogen and oxygen atoms in total. The van der Waals surface area contributed by atoms with E-state index in [1.54, 1.807) is 0 Å². The van der Waals surface area contributed by atoms with Crippen LogP contribution in [0.2, 0.25) is 0 Å². The van der Waals surface area contributed by atoms with E-state index in [1.807, 2.05) is 0 Å². The van der Waals surface area contributed by atoms with Crippen LogP contribution in [0.4, 0.5) is 0 Å². The molecule has 0 radical (unpaired) electrons. The van der Waals surface area contributed by atoms with E-state index in [4.69, 9.17) is 11.1 Å². The topological polar surface area (TPSA) is 75.1 Å². The maximum Gasteiger partial charge on any atom is 0.136 e. The van der Waals surface area contributed by atoms with Gasteiger partial charge in [-0.15, -0.1) is 0 Å². The number of rotatable bonds is 3. The summed E-state index contributed by atoms with van der Waals surface area (Å²) in [6.07, 6.45) is 0.274. The van der Waals surface area contributed by atoms with Crippen LogP contribution in [0.1, 0.15) is 14.2 Å². The fraction of sp³-hybridized carbons (Fsp3) is 0.833. The van der Waals surface area contributed by atoms with Crippen LogP contribution in [0.3, 0.4) is 0 Å². The summed E-state index contributed by atoms with van der Waals surface area (Å²) in [5.41, 5.74) is 8.20. The molecule has 0 heterocycles. The van der Waals surface area contributed by atoms with Crippen molar-refractivity contribution in [3.05, 3.63) is 10.4 Å². The molecule has 0 aromatic heterocycles. The van der Waals surface area contributed by atoms with E-state index in [9.17, 15) is 4.79 Å². The van der Waals surface area contributed by atoms with Crippen molar-refractivity contribution in [2.45, 2.75) is 25.0 Å². The lowest BCUT2D eigenvalue weighted by atomic mass is 10.2. The number of hydrogen-bond acceptors (Lipinski definition) is 4. The fourth-order valence-electron chi connectivity index (χ4n) is 1.18. The largest absolute Gasteiger partial charge is 0.311 e. The van der Waals surface area contributed by atoms with Crippen molar-refractivity contribution in [1.29, 1.82) is 0 Å². The van der Waals surface area contributed by atoms with E-state index in [-0.39, 0.29) is 31.0 Å². The summed E-state index contributed by atoms with van der Waals surface area (Å²) in [4.78, 5) is 13.6. The fourth-order valence-corrected chi connectivity index (χ4v) is 1.55. The second kappa shape index (κ2) is 4.35. The molecule has 12 heavy (non-hydrogen) atoms. The molecular formula is C6H9N3O2S. The summed E-state index contributed by atoms with van der Waals surface area (Å²) in [5.74, 6) is 0.0491. The lowest BCUT2D eigenvalue weighted by Gasteiger charge is -2.11. The molecule has 0 bridgehead atoms. The van der Waals surface area contributed by atoms with Crippen molar-refractivity contribution in [1.82, 2.24) is 0 Å². The minimum atomic E-state index is -0.392. The molecule has 1 saturated carbocycles. The molecule has 1 aliphatic rings. The van der Waals surface area contributed by atoms with Crippen LogP contribution in [0.5, 0.6) is 0 Å². The highest BCUT2D eigenvalue weighted by molar-refractivity contribution is 7.93. The van der Waals surface area contributed by atoms with Crippen LogP contribution in [0.15, 0.2) is 5.11 Å². The van der Waals surface area contributed by atoms with Crippen LogP contribution in [0, 0.1) is 0 Å². The average Bonchev–Trinajstić information content (AvgIpc) is 2.44. The first kappa shape index (κ1) is 7.91.